The fourth-order valence-corrected chi connectivity index (χ4v) is 2.71. The average Bonchev–Trinajstić information content (AvgIpc) is 2.61. The van der Waals surface area contributed by atoms with Crippen molar-refractivity contribution in [1.29, 1.82) is 0 Å². The van der Waals surface area contributed by atoms with Crippen molar-refractivity contribution >= 4 is 11.6 Å². The number of hydrogen-bond acceptors (Lipinski definition) is 3. The number of methoxy groups -OCH3 is 1. The molecule has 0 radical (unpaired) electrons. The van der Waals surface area contributed by atoms with Gasteiger partial charge in [-0.25, -0.2) is 0 Å². The van der Waals surface area contributed by atoms with E-state index in [-0.39, 0.29) is 5.91 Å². The first-order valence-corrected chi connectivity index (χ1v) is 8.67. The Morgan fingerprint density at radius 1 is 1.12 bits per heavy atom. The van der Waals surface area contributed by atoms with E-state index in [1.54, 1.807) is 13.2 Å². The molecule has 1 amide bonds. The Bertz CT molecular complexity index is 725. The highest BCUT2D eigenvalue weighted by molar-refractivity contribution is 5.95. The molecular weight excluding hydrogens is 314 g/mol. The maximum absolute atomic E-state index is 12.8. The Balaban J connectivity index is 2.18. The van der Waals surface area contributed by atoms with Crippen LogP contribution >= 0.6 is 0 Å². The molecule has 1 atom stereocenters. The van der Waals surface area contributed by atoms with Crippen molar-refractivity contribution in [3.8, 4) is 11.5 Å². The van der Waals surface area contributed by atoms with Crippen LogP contribution in [0.5, 0.6) is 11.5 Å². The Morgan fingerprint density at radius 2 is 1.80 bits per heavy atom. The maximum Gasteiger partial charge on any atom is 0.265 e. The van der Waals surface area contributed by atoms with Crippen LogP contribution < -0.4 is 14.8 Å². The topological polar surface area (TPSA) is 47.6 Å². The summed E-state index contributed by atoms with van der Waals surface area (Å²) >= 11 is 0. The summed E-state index contributed by atoms with van der Waals surface area (Å²) in [5.41, 5.74) is 3.07. The molecule has 25 heavy (non-hydrogen) atoms. The Kier molecular flexibility index (Phi) is 6.45. The number of carbonyl (C=O) groups is 1. The van der Waals surface area contributed by atoms with E-state index < -0.39 is 6.10 Å². The Morgan fingerprint density at radius 3 is 2.44 bits per heavy atom. The number of carbonyl (C=O) groups excluding carboxylic acids is 1. The molecule has 2 rings (SSSR count). The molecular formula is C21H27NO3. The molecule has 134 valence electrons. The number of anilines is 1. The van der Waals surface area contributed by atoms with Crippen molar-refractivity contribution in [3.05, 3.63) is 53.6 Å². The van der Waals surface area contributed by atoms with Crippen LogP contribution in [0.15, 0.2) is 42.5 Å². The highest BCUT2D eigenvalue weighted by atomic mass is 16.5. The predicted molar refractivity (Wildman–Crippen MR) is 102 cm³/mol. The van der Waals surface area contributed by atoms with E-state index >= 15 is 0 Å². The third-order valence-electron chi connectivity index (χ3n) is 4.16. The molecule has 0 aliphatic rings. The number of aryl methyl sites for hydroxylation is 1. The summed E-state index contributed by atoms with van der Waals surface area (Å²) in [6, 6.07) is 13.4. The molecule has 4 nitrogen and oxygen atoms in total. The van der Waals surface area contributed by atoms with Gasteiger partial charge in [-0.2, -0.15) is 0 Å². The minimum Gasteiger partial charge on any atom is -0.497 e. The second-order valence-electron chi connectivity index (χ2n) is 6.38. The van der Waals surface area contributed by atoms with E-state index in [4.69, 9.17) is 9.47 Å². The van der Waals surface area contributed by atoms with Crippen molar-refractivity contribution in [2.45, 2.75) is 46.1 Å². The monoisotopic (exact) mass is 341 g/mol. The van der Waals surface area contributed by atoms with E-state index in [1.165, 1.54) is 0 Å². The molecule has 0 saturated carbocycles. The van der Waals surface area contributed by atoms with Crippen LogP contribution in [0.4, 0.5) is 5.69 Å². The van der Waals surface area contributed by atoms with Crippen molar-refractivity contribution in [1.82, 2.24) is 0 Å². The Hall–Kier alpha value is -2.49. The van der Waals surface area contributed by atoms with Gasteiger partial charge in [0.05, 0.1) is 7.11 Å². The van der Waals surface area contributed by atoms with E-state index in [0.717, 1.165) is 16.8 Å². The van der Waals surface area contributed by atoms with Gasteiger partial charge >= 0.3 is 0 Å². The highest BCUT2D eigenvalue weighted by Crippen LogP contribution is 2.28. The van der Waals surface area contributed by atoms with Crippen molar-refractivity contribution < 1.29 is 14.3 Å². The normalized spacial score (nSPS) is 11.9. The van der Waals surface area contributed by atoms with E-state index in [2.05, 4.69) is 25.2 Å². The van der Waals surface area contributed by atoms with Crippen LogP contribution in [0, 0.1) is 6.92 Å². The predicted octanol–water partition coefficient (Wildman–Crippen LogP) is 4.92. The molecule has 0 bridgehead atoms. The number of ether oxygens (including phenoxy) is 2. The van der Waals surface area contributed by atoms with Crippen LogP contribution in [0.2, 0.25) is 0 Å². The van der Waals surface area contributed by atoms with Crippen molar-refractivity contribution in [3.63, 3.8) is 0 Å². The molecule has 0 heterocycles. The molecule has 2 aromatic rings. The lowest BCUT2D eigenvalue weighted by Crippen LogP contribution is -2.33. The summed E-state index contributed by atoms with van der Waals surface area (Å²) < 4.78 is 11.1. The first-order valence-electron chi connectivity index (χ1n) is 8.67. The van der Waals surface area contributed by atoms with Gasteiger partial charge in [-0.15, -0.1) is 0 Å². The van der Waals surface area contributed by atoms with Gasteiger partial charge in [0, 0.05) is 11.8 Å². The summed E-state index contributed by atoms with van der Waals surface area (Å²) in [7, 11) is 1.61. The third-order valence-corrected chi connectivity index (χ3v) is 4.16. The van der Waals surface area contributed by atoms with E-state index in [1.807, 2.05) is 44.2 Å². The van der Waals surface area contributed by atoms with Gasteiger partial charge in [-0.05, 0) is 42.5 Å². The number of amides is 1. The van der Waals surface area contributed by atoms with Gasteiger partial charge in [0.1, 0.15) is 11.5 Å². The summed E-state index contributed by atoms with van der Waals surface area (Å²) in [6.07, 6.45) is 0.0121. The van der Waals surface area contributed by atoms with Gasteiger partial charge in [0.2, 0.25) is 0 Å². The number of para-hydroxylation sites is 1. The molecule has 4 heteroatoms. The fraction of sp³-hybridized carbons (Fsp3) is 0.381. The second-order valence-corrected chi connectivity index (χ2v) is 6.38. The molecule has 0 spiro atoms. The fourth-order valence-electron chi connectivity index (χ4n) is 2.71. The lowest BCUT2D eigenvalue weighted by Gasteiger charge is -2.21. The standard InChI is InChI=1S/C21H27NO3/c1-6-19(25-17-11-8-10-16(13-17)24-5)21(23)22-20-15(4)9-7-12-18(20)14(2)3/h7-14,19H,6H2,1-5H3,(H,22,23)/t19-/m1/s1. The zero-order chi connectivity index (χ0) is 18.4. The molecule has 0 aromatic heterocycles. The summed E-state index contributed by atoms with van der Waals surface area (Å²) in [4.78, 5) is 12.8. The van der Waals surface area contributed by atoms with Crippen LogP contribution in [-0.4, -0.2) is 19.1 Å². The van der Waals surface area contributed by atoms with Crippen LogP contribution in [0.1, 0.15) is 44.2 Å². The SMILES string of the molecule is CC[C@@H](Oc1cccc(OC)c1)C(=O)Nc1c(C)cccc1C(C)C. The van der Waals surface area contributed by atoms with Gasteiger partial charge in [-0.3, -0.25) is 4.79 Å². The highest BCUT2D eigenvalue weighted by Gasteiger charge is 2.21. The zero-order valence-electron chi connectivity index (χ0n) is 15.6. The van der Waals surface area contributed by atoms with Gasteiger partial charge < -0.3 is 14.8 Å². The molecule has 0 aliphatic carbocycles. The number of nitrogens with one attached hydrogen (secondary N) is 1. The molecule has 0 unspecified atom stereocenters. The lowest BCUT2D eigenvalue weighted by molar-refractivity contribution is -0.122. The smallest absolute Gasteiger partial charge is 0.265 e. The quantitative estimate of drug-likeness (QED) is 0.777. The van der Waals surface area contributed by atoms with Gasteiger partial charge in [-0.1, -0.05) is 45.0 Å². The first kappa shape index (κ1) is 18.8. The number of hydrogen-bond donors (Lipinski definition) is 1. The average molecular weight is 341 g/mol. The maximum atomic E-state index is 12.8. The van der Waals surface area contributed by atoms with Crippen LogP contribution in [-0.2, 0) is 4.79 Å². The number of rotatable bonds is 7. The van der Waals surface area contributed by atoms with Crippen molar-refractivity contribution in [2.24, 2.45) is 0 Å². The van der Waals surface area contributed by atoms with Gasteiger partial charge in [0.25, 0.3) is 5.91 Å². The first-order chi connectivity index (χ1) is 12.0. The summed E-state index contributed by atoms with van der Waals surface area (Å²) in [6.45, 7) is 8.18. The molecule has 1 N–H and O–H groups in total. The minimum absolute atomic E-state index is 0.137. The third kappa shape index (κ3) is 4.75. The van der Waals surface area contributed by atoms with Crippen LogP contribution in [0.25, 0.3) is 0 Å². The minimum atomic E-state index is -0.563. The zero-order valence-corrected chi connectivity index (χ0v) is 15.6. The van der Waals surface area contributed by atoms with Crippen LogP contribution in [0.3, 0.4) is 0 Å². The molecule has 0 aliphatic heterocycles. The molecule has 2 aromatic carbocycles. The van der Waals surface area contributed by atoms with Gasteiger partial charge in [0.15, 0.2) is 6.10 Å². The largest absolute Gasteiger partial charge is 0.497 e. The summed E-state index contributed by atoms with van der Waals surface area (Å²) in [5, 5.41) is 3.06. The Labute approximate surface area is 150 Å². The summed E-state index contributed by atoms with van der Waals surface area (Å²) in [5.74, 6) is 1.51. The second kappa shape index (κ2) is 8.56. The van der Waals surface area contributed by atoms with E-state index in [0.29, 0.717) is 23.8 Å². The lowest BCUT2D eigenvalue weighted by atomic mass is 9.98. The number of benzene rings is 2. The van der Waals surface area contributed by atoms with Crippen molar-refractivity contribution in [2.75, 3.05) is 12.4 Å². The molecule has 0 saturated heterocycles. The molecule has 0 fully saturated rings. The van der Waals surface area contributed by atoms with E-state index in [9.17, 15) is 4.79 Å².